The van der Waals surface area contributed by atoms with Crippen LogP contribution in [0, 0.1) is 0 Å². The van der Waals surface area contributed by atoms with Gasteiger partial charge in [-0.25, -0.2) is 12.7 Å². The molecule has 2 aliphatic rings. The van der Waals surface area contributed by atoms with E-state index in [2.05, 4.69) is 5.32 Å². The molecule has 3 heterocycles. The maximum absolute atomic E-state index is 13.4. The smallest absolute Gasteiger partial charge is 0.257 e. The van der Waals surface area contributed by atoms with Crippen LogP contribution in [0.25, 0.3) is 0 Å². The molecule has 11 heteroatoms. The van der Waals surface area contributed by atoms with Crippen LogP contribution in [0.2, 0.25) is 0 Å². The molecule has 0 saturated carbocycles. The highest BCUT2D eigenvalue weighted by Gasteiger charge is 2.32. The summed E-state index contributed by atoms with van der Waals surface area (Å²) in [7, 11) is -0.709. The highest BCUT2D eigenvalue weighted by molar-refractivity contribution is 7.89. The molecule has 4 rings (SSSR count). The monoisotopic (exact) mass is 504 g/mol. The number of benzene rings is 1. The van der Waals surface area contributed by atoms with Gasteiger partial charge in [0, 0.05) is 51.1 Å². The Kier molecular flexibility index (Phi) is 6.79. The highest BCUT2D eigenvalue weighted by atomic mass is 32.2. The van der Waals surface area contributed by atoms with Crippen LogP contribution < -0.4 is 5.32 Å². The van der Waals surface area contributed by atoms with Gasteiger partial charge in [-0.3, -0.25) is 14.4 Å². The van der Waals surface area contributed by atoms with Gasteiger partial charge < -0.3 is 15.1 Å². The number of hydrogen-bond donors (Lipinski definition) is 1. The van der Waals surface area contributed by atoms with Gasteiger partial charge in [-0.1, -0.05) is 0 Å². The summed E-state index contributed by atoms with van der Waals surface area (Å²) < 4.78 is 25.7. The number of nitrogens with zero attached hydrogens (tertiary/aromatic N) is 3. The normalized spacial score (nSPS) is 16.0. The van der Waals surface area contributed by atoms with E-state index in [1.54, 1.807) is 4.90 Å². The van der Waals surface area contributed by atoms with Crippen molar-refractivity contribution < 1.29 is 22.8 Å². The molecule has 1 saturated heterocycles. The average Bonchev–Trinajstić information content (AvgIpc) is 3.46. The Labute approximate surface area is 203 Å². The Hall–Kier alpha value is -2.76. The minimum Gasteiger partial charge on any atom is -0.339 e. The van der Waals surface area contributed by atoms with Crippen LogP contribution in [0.4, 0.5) is 5.00 Å². The lowest BCUT2D eigenvalue weighted by Crippen LogP contribution is -2.35. The van der Waals surface area contributed by atoms with E-state index in [1.807, 2.05) is 4.90 Å². The Bertz CT molecular complexity index is 1230. The van der Waals surface area contributed by atoms with Gasteiger partial charge in [0.1, 0.15) is 5.00 Å². The maximum Gasteiger partial charge on any atom is 0.257 e. The third kappa shape index (κ3) is 4.59. The summed E-state index contributed by atoms with van der Waals surface area (Å²) in [4.78, 5) is 42.9. The molecule has 182 valence electrons. The van der Waals surface area contributed by atoms with Gasteiger partial charge in [-0.15, -0.1) is 11.3 Å². The van der Waals surface area contributed by atoms with E-state index in [4.69, 9.17) is 0 Å². The molecule has 1 aromatic carbocycles. The molecule has 0 aliphatic carbocycles. The summed E-state index contributed by atoms with van der Waals surface area (Å²) >= 11 is 1.33. The Morgan fingerprint density at radius 3 is 2.24 bits per heavy atom. The number of anilines is 1. The van der Waals surface area contributed by atoms with E-state index >= 15 is 0 Å². The Morgan fingerprint density at radius 1 is 1.00 bits per heavy atom. The van der Waals surface area contributed by atoms with Gasteiger partial charge in [-0.05, 0) is 49.1 Å². The van der Waals surface area contributed by atoms with E-state index < -0.39 is 15.9 Å². The lowest BCUT2D eigenvalue weighted by atomic mass is 10.0. The summed E-state index contributed by atoms with van der Waals surface area (Å²) in [6.07, 6.45) is 2.48. The van der Waals surface area contributed by atoms with E-state index in [-0.39, 0.29) is 22.3 Å². The van der Waals surface area contributed by atoms with Crippen molar-refractivity contribution in [1.82, 2.24) is 14.1 Å². The number of nitrogens with one attached hydrogen (secondary N) is 1. The standard InChI is InChI=1S/C23H28N4O5S2/c1-15(28)27-13-10-18-19(14-27)33-22(20(18)23(30)26-11-4-5-12-26)24-21(29)16-6-8-17(9-7-16)34(31,32)25(2)3/h6-9H,4-5,10-14H2,1-3H3,(H,24,29). The molecule has 2 aliphatic heterocycles. The van der Waals surface area contributed by atoms with Crippen molar-refractivity contribution in [2.75, 3.05) is 39.0 Å². The molecule has 9 nitrogen and oxygen atoms in total. The quantitative estimate of drug-likeness (QED) is 0.673. The van der Waals surface area contributed by atoms with Crippen LogP contribution in [-0.4, -0.2) is 74.0 Å². The predicted octanol–water partition coefficient (Wildman–Crippen LogP) is 2.39. The van der Waals surface area contributed by atoms with Crippen LogP contribution in [0.3, 0.4) is 0 Å². The zero-order valence-electron chi connectivity index (χ0n) is 19.5. The van der Waals surface area contributed by atoms with Crippen molar-refractivity contribution in [2.24, 2.45) is 0 Å². The lowest BCUT2D eigenvalue weighted by Gasteiger charge is -2.26. The molecule has 1 fully saturated rings. The molecule has 0 unspecified atom stereocenters. The average molecular weight is 505 g/mol. The van der Waals surface area contributed by atoms with Gasteiger partial charge in [0.25, 0.3) is 11.8 Å². The molecule has 2 aromatic rings. The van der Waals surface area contributed by atoms with Gasteiger partial charge in [0.05, 0.1) is 17.0 Å². The first-order valence-electron chi connectivity index (χ1n) is 11.1. The van der Waals surface area contributed by atoms with E-state index in [9.17, 15) is 22.8 Å². The van der Waals surface area contributed by atoms with Crippen LogP contribution in [-0.2, 0) is 27.8 Å². The van der Waals surface area contributed by atoms with Gasteiger partial charge in [0.2, 0.25) is 15.9 Å². The number of likely N-dealkylation sites (tertiary alicyclic amines) is 1. The number of fused-ring (bicyclic) bond motifs is 1. The highest BCUT2D eigenvalue weighted by Crippen LogP contribution is 2.38. The largest absolute Gasteiger partial charge is 0.339 e. The number of carbonyl (C=O) groups is 3. The topological polar surface area (TPSA) is 107 Å². The number of thiophene rings is 1. The maximum atomic E-state index is 13.4. The first-order valence-corrected chi connectivity index (χ1v) is 13.4. The summed E-state index contributed by atoms with van der Waals surface area (Å²) in [5, 5.41) is 3.36. The molecule has 3 amide bonds. The van der Waals surface area contributed by atoms with Gasteiger partial charge >= 0.3 is 0 Å². The van der Waals surface area contributed by atoms with Crippen LogP contribution in [0.1, 0.15) is 50.9 Å². The van der Waals surface area contributed by atoms with Gasteiger partial charge in [0.15, 0.2) is 0 Å². The van der Waals surface area contributed by atoms with Crippen molar-refractivity contribution in [3.63, 3.8) is 0 Å². The van der Waals surface area contributed by atoms with Crippen molar-refractivity contribution in [3.8, 4) is 0 Å². The number of sulfonamides is 1. The second kappa shape index (κ2) is 9.47. The molecular weight excluding hydrogens is 476 g/mol. The van der Waals surface area contributed by atoms with Crippen LogP contribution >= 0.6 is 11.3 Å². The minimum absolute atomic E-state index is 0.0233. The fourth-order valence-electron chi connectivity index (χ4n) is 4.23. The summed E-state index contributed by atoms with van der Waals surface area (Å²) in [6.45, 7) is 3.87. The van der Waals surface area contributed by atoms with Gasteiger partial charge in [-0.2, -0.15) is 0 Å². The number of rotatable bonds is 5. The summed E-state index contributed by atoms with van der Waals surface area (Å²) in [5.41, 5.74) is 1.71. The Morgan fingerprint density at radius 2 is 1.65 bits per heavy atom. The zero-order valence-corrected chi connectivity index (χ0v) is 21.1. The third-order valence-corrected chi connectivity index (χ3v) is 9.19. The zero-order chi connectivity index (χ0) is 24.6. The SMILES string of the molecule is CC(=O)N1CCc2c(sc(NC(=O)c3ccc(S(=O)(=O)N(C)C)cc3)c2C(=O)N2CCCC2)C1. The minimum atomic E-state index is -3.60. The molecule has 34 heavy (non-hydrogen) atoms. The van der Waals surface area contributed by atoms with E-state index in [1.165, 1.54) is 56.6 Å². The summed E-state index contributed by atoms with van der Waals surface area (Å²) in [5.74, 6) is -0.537. The van der Waals surface area contributed by atoms with Crippen LogP contribution in [0.15, 0.2) is 29.2 Å². The molecular formula is C23H28N4O5S2. The van der Waals surface area contributed by atoms with E-state index in [0.717, 1.165) is 27.6 Å². The summed E-state index contributed by atoms with van der Waals surface area (Å²) in [6, 6.07) is 5.70. The second-order valence-electron chi connectivity index (χ2n) is 8.66. The second-order valence-corrected chi connectivity index (χ2v) is 11.9. The molecule has 0 bridgehead atoms. The lowest BCUT2D eigenvalue weighted by molar-refractivity contribution is -0.129. The van der Waals surface area contributed by atoms with E-state index in [0.29, 0.717) is 43.2 Å². The third-order valence-electron chi connectivity index (χ3n) is 6.23. The number of amides is 3. The molecule has 0 radical (unpaired) electrons. The molecule has 1 N–H and O–H groups in total. The number of carbonyl (C=O) groups excluding carboxylic acids is 3. The van der Waals surface area contributed by atoms with Crippen LogP contribution in [0.5, 0.6) is 0 Å². The van der Waals surface area contributed by atoms with Crippen molar-refractivity contribution in [3.05, 3.63) is 45.8 Å². The first-order chi connectivity index (χ1) is 16.1. The Balaban J connectivity index is 1.64. The predicted molar refractivity (Wildman–Crippen MR) is 130 cm³/mol. The fourth-order valence-corrected chi connectivity index (χ4v) is 6.38. The fraction of sp³-hybridized carbons (Fsp3) is 0.435. The molecule has 1 aromatic heterocycles. The van der Waals surface area contributed by atoms with Crippen molar-refractivity contribution in [1.29, 1.82) is 0 Å². The first kappa shape index (κ1) is 24.4. The number of hydrogen-bond acceptors (Lipinski definition) is 6. The van der Waals surface area contributed by atoms with Crippen molar-refractivity contribution >= 4 is 44.1 Å². The molecule has 0 spiro atoms. The molecule has 0 atom stereocenters. The van der Waals surface area contributed by atoms with Crippen molar-refractivity contribution in [2.45, 2.75) is 37.6 Å².